The molecule has 0 aliphatic rings. The third-order valence-electron chi connectivity index (χ3n) is 1.49. The summed E-state index contributed by atoms with van der Waals surface area (Å²) in [5.74, 6) is 0.407. The molecule has 1 aromatic rings. The van der Waals surface area contributed by atoms with Gasteiger partial charge in [0, 0.05) is 6.07 Å². The van der Waals surface area contributed by atoms with E-state index in [-0.39, 0.29) is 57.1 Å². The van der Waals surface area contributed by atoms with Crippen LogP contribution in [-0.4, -0.2) is 20.1 Å². The van der Waals surface area contributed by atoms with Crippen LogP contribution in [0.1, 0.15) is 0 Å². The maximum absolute atomic E-state index is 10.6. The molecule has 1 rings (SSSR count). The minimum Gasteiger partial charge on any atom is -0.744 e. The average molecular weight is 241 g/mol. The molecule has 0 spiro atoms. The van der Waals surface area contributed by atoms with Gasteiger partial charge in [0.1, 0.15) is 15.9 Å². The summed E-state index contributed by atoms with van der Waals surface area (Å²) in [6, 6.07) is 3.77. The minimum absolute atomic E-state index is 0. The monoisotopic (exact) mass is 241 g/mol. The number of nitrogens with two attached hydrogens (primary N) is 1. The molecule has 14 heavy (non-hydrogen) atoms. The maximum atomic E-state index is 10.6. The number of hydrogen-bond acceptors (Lipinski definition) is 5. The number of ether oxygens (including phenoxy) is 1. The first-order valence-corrected chi connectivity index (χ1v) is 4.75. The fourth-order valence-electron chi connectivity index (χ4n) is 0.881. The molecule has 2 N–H and O–H groups in total. The Bertz CT molecular complexity index is 418. The predicted octanol–water partition coefficient (Wildman–Crippen LogP) is -2.81. The van der Waals surface area contributed by atoms with Crippen LogP contribution in [0.25, 0.3) is 0 Å². The molecular weight excluding hydrogens is 233 g/mol. The first-order chi connectivity index (χ1) is 5.95. The van der Waals surface area contributed by atoms with Gasteiger partial charge in [-0.3, -0.25) is 0 Å². The van der Waals surface area contributed by atoms with Crippen molar-refractivity contribution in [3.63, 3.8) is 0 Å². The van der Waals surface area contributed by atoms with Crippen molar-refractivity contribution in [1.82, 2.24) is 0 Å². The molecule has 0 bridgehead atoms. The van der Waals surface area contributed by atoms with Gasteiger partial charge in [-0.25, -0.2) is 8.42 Å². The van der Waals surface area contributed by atoms with E-state index in [9.17, 15) is 13.0 Å². The van der Waals surface area contributed by atoms with Crippen LogP contribution >= 0.6 is 0 Å². The predicted molar refractivity (Wildman–Crippen MR) is 45.4 cm³/mol. The Morgan fingerprint density at radius 2 is 2.00 bits per heavy atom. The zero-order valence-corrected chi connectivity index (χ0v) is 11.8. The third kappa shape index (κ3) is 3.50. The van der Waals surface area contributed by atoms with Gasteiger partial charge in [-0.15, -0.1) is 0 Å². The number of benzene rings is 1. The fraction of sp³-hybridized carbons (Fsp3) is 0.143. The second-order valence-electron chi connectivity index (χ2n) is 2.36. The summed E-state index contributed by atoms with van der Waals surface area (Å²) >= 11 is 0. The van der Waals surface area contributed by atoms with E-state index < -0.39 is 15.0 Å². The summed E-state index contributed by atoms with van der Waals surface area (Å²) in [7, 11) is -3.07. The molecule has 0 heterocycles. The number of nitrogen functional groups attached to an aromatic ring is 1. The van der Waals surface area contributed by atoms with Crippen LogP contribution in [0.3, 0.4) is 0 Å². The van der Waals surface area contributed by atoms with E-state index in [1.54, 1.807) is 0 Å². The number of hydrogen-bond donors (Lipinski definition) is 1. The molecule has 5 nitrogen and oxygen atoms in total. The van der Waals surface area contributed by atoms with Crippen molar-refractivity contribution in [2.45, 2.75) is 4.90 Å². The molecule has 7 heteroatoms. The normalized spacial score (nSPS) is 10.4. The average Bonchev–Trinajstić information content (AvgIpc) is 2.01. The van der Waals surface area contributed by atoms with E-state index in [1.807, 2.05) is 0 Å². The molecule has 72 valence electrons. The van der Waals surface area contributed by atoms with Crippen molar-refractivity contribution < 1.29 is 69.1 Å². The Hall–Kier alpha value is 0.366. The molecular formula is C7H8KNO4S. The molecule has 0 amide bonds. The largest absolute Gasteiger partial charge is 1.00 e. The Morgan fingerprint density at radius 3 is 2.36 bits per heavy atom. The van der Waals surface area contributed by atoms with E-state index in [1.165, 1.54) is 19.2 Å². The van der Waals surface area contributed by atoms with Crippen LogP contribution in [0, 0.1) is 0 Å². The van der Waals surface area contributed by atoms with Crippen molar-refractivity contribution in [3.05, 3.63) is 18.2 Å². The van der Waals surface area contributed by atoms with Gasteiger partial charge in [0.05, 0.1) is 17.7 Å². The standard InChI is InChI=1S/C7H9NO4S.K/c1-12-5-2-3-7(6(8)4-5)13(9,10)11;/h2-4H,8H2,1H3,(H,9,10,11);/q;+1/p-1. The Labute approximate surface area is 125 Å². The molecule has 0 unspecified atom stereocenters. The van der Waals surface area contributed by atoms with Gasteiger partial charge >= 0.3 is 51.4 Å². The second-order valence-corrected chi connectivity index (χ2v) is 3.71. The van der Waals surface area contributed by atoms with Gasteiger partial charge in [0.2, 0.25) is 0 Å². The molecule has 0 aromatic heterocycles. The number of methoxy groups -OCH3 is 1. The van der Waals surface area contributed by atoms with Crippen LogP contribution in [-0.2, 0) is 10.1 Å². The summed E-state index contributed by atoms with van der Waals surface area (Å²) in [6.07, 6.45) is 0. The molecule has 0 aliphatic carbocycles. The summed E-state index contributed by atoms with van der Waals surface area (Å²) in [6.45, 7) is 0. The van der Waals surface area contributed by atoms with Gasteiger partial charge in [0.15, 0.2) is 0 Å². The molecule has 0 radical (unpaired) electrons. The Kier molecular flexibility index (Phi) is 5.59. The van der Waals surface area contributed by atoms with Gasteiger partial charge < -0.3 is 15.0 Å². The van der Waals surface area contributed by atoms with Crippen LogP contribution < -0.4 is 61.9 Å². The fourth-order valence-corrected chi connectivity index (χ4v) is 1.46. The third-order valence-corrected chi connectivity index (χ3v) is 2.40. The Balaban J connectivity index is 0.00000169. The molecule has 0 atom stereocenters. The first kappa shape index (κ1) is 14.4. The van der Waals surface area contributed by atoms with E-state index in [4.69, 9.17) is 10.5 Å². The zero-order valence-electron chi connectivity index (χ0n) is 7.85. The van der Waals surface area contributed by atoms with Crippen LogP contribution in [0.4, 0.5) is 5.69 Å². The zero-order chi connectivity index (χ0) is 10.1. The van der Waals surface area contributed by atoms with Crippen molar-refractivity contribution in [1.29, 1.82) is 0 Å². The second kappa shape index (κ2) is 5.45. The smallest absolute Gasteiger partial charge is 0.744 e. The van der Waals surface area contributed by atoms with Crippen LogP contribution in [0.5, 0.6) is 5.75 Å². The maximum Gasteiger partial charge on any atom is 1.00 e. The van der Waals surface area contributed by atoms with Crippen LogP contribution in [0.2, 0.25) is 0 Å². The van der Waals surface area contributed by atoms with Crippen LogP contribution in [0.15, 0.2) is 23.1 Å². The summed E-state index contributed by atoms with van der Waals surface area (Å²) in [4.78, 5) is -0.423. The van der Waals surface area contributed by atoms with Gasteiger partial charge in [-0.1, -0.05) is 0 Å². The summed E-state index contributed by atoms with van der Waals surface area (Å²) in [5.41, 5.74) is 5.22. The van der Waals surface area contributed by atoms with E-state index in [0.717, 1.165) is 6.07 Å². The quantitative estimate of drug-likeness (QED) is 0.343. The van der Waals surface area contributed by atoms with Crippen molar-refractivity contribution in [3.8, 4) is 5.75 Å². The molecule has 0 aliphatic heterocycles. The van der Waals surface area contributed by atoms with E-state index >= 15 is 0 Å². The Morgan fingerprint density at radius 1 is 1.43 bits per heavy atom. The van der Waals surface area contributed by atoms with Gasteiger partial charge in [0.25, 0.3) is 0 Å². The molecule has 0 fully saturated rings. The number of anilines is 1. The minimum atomic E-state index is -4.49. The summed E-state index contributed by atoms with van der Waals surface area (Å²) in [5, 5.41) is 0. The van der Waals surface area contributed by atoms with Crippen molar-refractivity contribution >= 4 is 15.8 Å². The van der Waals surface area contributed by atoms with Crippen molar-refractivity contribution in [2.75, 3.05) is 12.8 Å². The van der Waals surface area contributed by atoms with Gasteiger partial charge in [-0.05, 0) is 12.1 Å². The van der Waals surface area contributed by atoms with E-state index in [2.05, 4.69) is 0 Å². The molecule has 1 aromatic carbocycles. The summed E-state index contributed by atoms with van der Waals surface area (Å²) < 4.78 is 36.5. The van der Waals surface area contributed by atoms with Gasteiger partial charge in [-0.2, -0.15) is 0 Å². The number of rotatable bonds is 2. The van der Waals surface area contributed by atoms with E-state index in [0.29, 0.717) is 5.75 Å². The topological polar surface area (TPSA) is 92.5 Å². The molecule has 0 saturated heterocycles. The van der Waals surface area contributed by atoms with Crippen molar-refractivity contribution in [2.24, 2.45) is 0 Å². The first-order valence-electron chi connectivity index (χ1n) is 3.34. The SMILES string of the molecule is COc1ccc(S(=O)(=O)[O-])c(N)c1.[K+]. The molecule has 0 saturated carbocycles.